The summed E-state index contributed by atoms with van der Waals surface area (Å²) in [5.41, 5.74) is 6.73. The summed E-state index contributed by atoms with van der Waals surface area (Å²) in [5, 5.41) is 1.47. The molecule has 0 radical (unpaired) electrons. The molecule has 3 N–H and O–H groups in total. The van der Waals surface area contributed by atoms with Gasteiger partial charge in [0.05, 0.1) is 22.0 Å². The van der Waals surface area contributed by atoms with Gasteiger partial charge in [-0.3, -0.25) is 4.98 Å². The second-order valence-electron chi connectivity index (χ2n) is 6.44. The monoisotopic (exact) mass is 371 g/mol. The Hall–Kier alpha value is -3.29. The van der Waals surface area contributed by atoms with Crippen LogP contribution in [0.4, 0.5) is 24.9 Å². The van der Waals surface area contributed by atoms with Gasteiger partial charge in [-0.2, -0.15) is 18.2 Å². The van der Waals surface area contributed by atoms with Crippen molar-refractivity contribution in [1.82, 2.24) is 15.0 Å². The maximum Gasteiger partial charge on any atom is 0.417 e. The molecule has 0 atom stereocenters. The molecule has 2 aromatic carbocycles. The summed E-state index contributed by atoms with van der Waals surface area (Å²) in [6, 6.07) is 8.91. The Balaban J connectivity index is 2.14. The molecule has 0 aliphatic rings. The summed E-state index contributed by atoms with van der Waals surface area (Å²) in [5.74, 6) is 0.801. The van der Waals surface area contributed by atoms with Crippen molar-refractivity contribution < 1.29 is 13.2 Å². The van der Waals surface area contributed by atoms with Crippen LogP contribution >= 0.6 is 0 Å². The van der Waals surface area contributed by atoms with Gasteiger partial charge in [0, 0.05) is 31.2 Å². The minimum absolute atomic E-state index is 0.0748. The van der Waals surface area contributed by atoms with Crippen molar-refractivity contribution in [2.75, 3.05) is 24.7 Å². The largest absolute Gasteiger partial charge is 0.417 e. The van der Waals surface area contributed by atoms with Crippen molar-refractivity contribution in [3.63, 3.8) is 0 Å². The molecule has 0 bridgehead atoms. The Morgan fingerprint density at radius 3 is 2.52 bits per heavy atom. The van der Waals surface area contributed by atoms with Crippen molar-refractivity contribution in [2.24, 2.45) is 0 Å². The number of hydrogen-bond donors (Lipinski definition) is 2. The first-order valence-electron chi connectivity index (χ1n) is 8.18. The Labute approximate surface area is 152 Å². The summed E-state index contributed by atoms with van der Waals surface area (Å²) >= 11 is 0. The van der Waals surface area contributed by atoms with Crippen LogP contribution < -0.4 is 10.6 Å². The van der Waals surface area contributed by atoms with Gasteiger partial charge in [-0.05, 0) is 23.8 Å². The van der Waals surface area contributed by atoms with Gasteiger partial charge in [0.15, 0.2) is 5.95 Å². The lowest BCUT2D eigenvalue weighted by atomic mass is 9.95. The number of benzene rings is 2. The number of nitrogens with two attached hydrogens (primary N) is 1. The molecule has 0 spiro atoms. The van der Waals surface area contributed by atoms with E-state index < -0.39 is 11.7 Å². The van der Waals surface area contributed by atoms with Crippen LogP contribution in [0.25, 0.3) is 32.9 Å². The fourth-order valence-electron chi connectivity index (χ4n) is 3.35. The molecule has 4 rings (SSSR count). The quantitative estimate of drug-likeness (QED) is 0.546. The van der Waals surface area contributed by atoms with Crippen molar-refractivity contribution in [2.45, 2.75) is 6.18 Å². The number of fused-ring (bicyclic) bond motifs is 3. The number of anilines is 2. The molecule has 27 heavy (non-hydrogen) atoms. The molecule has 5 nitrogen and oxygen atoms in total. The van der Waals surface area contributed by atoms with Gasteiger partial charge in [-0.15, -0.1) is 0 Å². The first kappa shape index (κ1) is 17.1. The summed E-state index contributed by atoms with van der Waals surface area (Å²) < 4.78 is 40.6. The highest BCUT2D eigenvalue weighted by Crippen LogP contribution is 2.42. The smallest absolute Gasteiger partial charge is 0.369 e. The average molecular weight is 371 g/mol. The molecule has 2 heterocycles. The van der Waals surface area contributed by atoms with Crippen LogP contribution in [0.15, 0.2) is 42.6 Å². The minimum atomic E-state index is -4.47. The van der Waals surface area contributed by atoms with E-state index >= 15 is 0 Å². The van der Waals surface area contributed by atoms with E-state index in [1.807, 2.05) is 19.0 Å². The summed E-state index contributed by atoms with van der Waals surface area (Å²) in [6.07, 6.45) is -2.89. The number of halogens is 3. The number of nitrogens with zero attached hydrogens (tertiary/aromatic N) is 3. The Kier molecular flexibility index (Phi) is 3.73. The van der Waals surface area contributed by atoms with E-state index in [-0.39, 0.29) is 11.5 Å². The van der Waals surface area contributed by atoms with Gasteiger partial charge in [-0.1, -0.05) is 18.2 Å². The molecule has 0 unspecified atom stereocenters. The molecular formula is C19H16F3N5. The van der Waals surface area contributed by atoms with Crippen molar-refractivity contribution in [3.05, 3.63) is 48.2 Å². The van der Waals surface area contributed by atoms with Crippen LogP contribution in [-0.2, 0) is 6.18 Å². The lowest BCUT2D eigenvalue weighted by Crippen LogP contribution is -2.13. The summed E-state index contributed by atoms with van der Waals surface area (Å²) in [6.45, 7) is 0. The Morgan fingerprint density at radius 1 is 1.07 bits per heavy atom. The summed E-state index contributed by atoms with van der Waals surface area (Å²) in [4.78, 5) is 13.4. The van der Waals surface area contributed by atoms with E-state index in [0.717, 1.165) is 11.5 Å². The third kappa shape index (κ3) is 2.73. The molecular weight excluding hydrogens is 355 g/mol. The van der Waals surface area contributed by atoms with Gasteiger partial charge < -0.3 is 15.6 Å². The number of alkyl halides is 3. The zero-order valence-electron chi connectivity index (χ0n) is 14.6. The van der Waals surface area contributed by atoms with E-state index in [1.165, 1.54) is 12.1 Å². The van der Waals surface area contributed by atoms with Crippen molar-refractivity contribution in [3.8, 4) is 11.1 Å². The van der Waals surface area contributed by atoms with Crippen molar-refractivity contribution >= 4 is 33.6 Å². The average Bonchev–Trinajstić information content (AvgIpc) is 3.09. The Morgan fingerprint density at radius 2 is 1.81 bits per heavy atom. The maximum absolute atomic E-state index is 13.5. The number of H-pyrrole nitrogens is 1. The van der Waals surface area contributed by atoms with E-state index in [4.69, 9.17) is 5.73 Å². The predicted octanol–water partition coefficient (Wildman–Crippen LogP) is 4.45. The second-order valence-corrected chi connectivity index (χ2v) is 6.44. The van der Waals surface area contributed by atoms with E-state index in [0.29, 0.717) is 27.8 Å². The van der Waals surface area contributed by atoms with Crippen molar-refractivity contribution in [1.29, 1.82) is 0 Å². The first-order valence-corrected chi connectivity index (χ1v) is 8.18. The second kappa shape index (κ2) is 5.87. The fraction of sp³-hybridized carbons (Fsp3) is 0.158. The van der Waals surface area contributed by atoms with Crippen LogP contribution in [0.1, 0.15) is 5.56 Å². The number of nitrogens with one attached hydrogen (secondary N) is 1. The minimum Gasteiger partial charge on any atom is -0.369 e. The highest BCUT2D eigenvalue weighted by Gasteiger charge is 2.34. The van der Waals surface area contributed by atoms with Gasteiger partial charge in [0.2, 0.25) is 0 Å². The topological polar surface area (TPSA) is 70.8 Å². The lowest BCUT2D eigenvalue weighted by Gasteiger charge is -2.18. The number of aromatic nitrogens is 3. The first-order chi connectivity index (χ1) is 12.8. The van der Waals surface area contributed by atoms with Gasteiger partial charge in [0.25, 0.3) is 0 Å². The zero-order valence-corrected chi connectivity index (χ0v) is 14.6. The van der Waals surface area contributed by atoms with E-state index in [2.05, 4.69) is 15.0 Å². The molecule has 0 saturated carbocycles. The lowest BCUT2D eigenvalue weighted by molar-refractivity contribution is -0.137. The van der Waals surface area contributed by atoms with Crippen LogP contribution in [0.5, 0.6) is 0 Å². The predicted molar refractivity (Wildman–Crippen MR) is 101 cm³/mol. The maximum atomic E-state index is 13.5. The van der Waals surface area contributed by atoms with Crippen LogP contribution in [-0.4, -0.2) is 29.0 Å². The molecule has 0 amide bonds. The molecule has 4 aromatic rings. The molecule has 0 aliphatic heterocycles. The summed E-state index contributed by atoms with van der Waals surface area (Å²) in [7, 11) is 3.66. The third-order valence-corrected chi connectivity index (χ3v) is 4.44. The Bertz CT molecular complexity index is 1160. The molecule has 2 aromatic heterocycles. The molecule has 0 fully saturated rings. The van der Waals surface area contributed by atoms with E-state index in [1.54, 1.807) is 24.4 Å². The molecule has 8 heteroatoms. The van der Waals surface area contributed by atoms with Crippen LogP contribution in [0.2, 0.25) is 0 Å². The van der Waals surface area contributed by atoms with Crippen LogP contribution in [0.3, 0.4) is 0 Å². The number of rotatable bonds is 2. The third-order valence-electron chi connectivity index (χ3n) is 4.44. The standard InChI is InChI=1S/C19H16F3N5/c1-27(2)17-15-11-7-8-24-16(11)12(9-14(15)25-18(23)26-17)10-5-3-4-6-13(10)19(20,21)22/h3-9H,1-2H3,(H3,23,25,26). The highest BCUT2D eigenvalue weighted by atomic mass is 19.4. The van der Waals surface area contributed by atoms with Gasteiger partial charge >= 0.3 is 6.18 Å². The molecule has 138 valence electrons. The van der Waals surface area contributed by atoms with Gasteiger partial charge in [0.1, 0.15) is 5.82 Å². The number of hydrogen-bond acceptors (Lipinski definition) is 4. The zero-order chi connectivity index (χ0) is 19.3. The van der Waals surface area contributed by atoms with Gasteiger partial charge in [-0.25, -0.2) is 0 Å². The SMILES string of the molecule is CN(C)c1nc(N)[nH]c2cc(-c3ccccc3C(F)(F)F)c3nccc3c12. The highest BCUT2D eigenvalue weighted by molar-refractivity contribution is 6.15. The number of nitrogen functional groups attached to an aromatic ring is 1. The molecule has 0 saturated heterocycles. The van der Waals surface area contributed by atoms with Crippen LogP contribution in [0, 0.1) is 0 Å². The normalized spacial score (nSPS) is 12.0. The fourth-order valence-corrected chi connectivity index (χ4v) is 3.35. The van der Waals surface area contributed by atoms with E-state index in [9.17, 15) is 13.2 Å². The number of aromatic amines is 1. The molecule has 0 aliphatic carbocycles.